The smallest absolute Gasteiger partial charge is 0.276 e. The van der Waals surface area contributed by atoms with Gasteiger partial charge in [0, 0.05) is 42.5 Å². The van der Waals surface area contributed by atoms with E-state index >= 15 is 0 Å². The minimum absolute atomic E-state index is 0.0777. The van der Waals surface area contributed by atoms with Gasteiger partial charge in [0.15, 0.2) is 0 Å². The van der Waals surface area contributed by atoms with Crippen molar-refractivity contribution in [3.05, 3.63) is 71.0 Å². The van der Waals surface area contributed by atoms with Crippen LogP contribution in [-0.4, -0.2) is 38.4 Å². The van der Waals surface area contributed by atoms with Crippen molar-refractivity contribution in [3.63, 3.8) is 0 Å². The first-order valence-corrected chi connectivity index (χ1v) is 10.0. The van der Waals surface area contributed by atoms with Gasteiger partial charge in [0.25, 0.3) is 5.56 Å². The molecular formula is C22H23N5O2. The normalized spacial score (nSPS) is 17.0. The largest absolute Gasteiger partial charge is 0.379 e. The first-order valence-electron chi connectivity index (χ1n) is 10.0. The van der Waals surface area contributed by atoms with Gasteiger partial charge in [-0.3, -0.25) is 4.79 Å². The summed E-state index contributed by atoms with van der Waals surface area (Å²) in [5.74, 6) is 0. The third kappa shape index (κ3) is 3.61. The molecule has 0 spiro atoms. The average molecular weight is 389 g/mol. The molecule has 1 saturated heterocycles. The lowest BCUT2D eigenvalue weighted by atomic mass is 10.1. The second-order valence-corrected chi connectivity index (χ2v) is 7.45. The maximum Gasteiger partial charge on any atom is 0.276 e. The molecule has 29 heavy (non-hydrogen) atoms. The SMILES string of the molecule is O=c1c2c(NC3CCCOC3)cccc2cnn1CCc1cn2ccccc2n1. The van der Waals surface area contributed by atoms with E-state index in [2.05, 4.69) is 15.4 Å². The molecule has 0 saturated carbocycles. The summed E-state index contributed by atoms with van der Waals surface area (Å²) >= 11 is 0. The van der Waals surface area contributed by atoms with Gasteiger partial charge in [0.2, 0.25) is 0 Å². The van der Waals surface area contributed by atoms with Crippen LogP contribution in [0.25, 0.3) is 16.4 Å². The zero-order valence-electron chi connectivity index (χ0n) is 16.1. The lowest BCUT2D eigenvalue weighted by Crippen LogP contribution is -2.31. The zero-order chi connectivity index (χ0) is 19.6. The highest BCUT2D eigenvalue weighted by Gasteiger charge is 2.16. The second kappa shape index (κ2) is 7.67. The van der Waals surface area contributed by atoms with E-state index in [1.54, 1.807) is 6.20 Å². The van der Waals surface area contributed by atoms with Gasteiger partial charge in [-0.15, -0.1) is 0 Å². The molecule has 0 amide bonds. The van der Waals surface area contributed by atoms with Crippen molar-refractivity contribution in [1.82, 2.24) is 19.2 Å². The van der Waals surface area contributed by atoms with Crippen molar-refractivity contribution in [2.24, 2.45) is 0 Å². The monoisotopic (exact) mass is 389 g/mol. The van der Waals surface area contributed by atoms with Crippen molar-refractivity contribution in [1.29, 1.82) is 0 Å². The molecule has 0 aliphatic carbocycles. The number of benzene rings is 1. The third-order valence-electron chi connectivity index (χ3n) is 5.39. The number of fused-ring (bicyclic) bond motifs is 2. The Labute approximate surface area is 167 Å². The molecule has 1 N–H and O–H groups in total. The van der Waals surface area contributed by atoms with Gasteiger partial charge in [-0.2, -0.15) is 5.10 Å². The first-order chi connectivity index (χ1) is 14.3. The average Bonchev–Trinajstić information content (AvgIpc) is 3.17. The highest BCUT2D eigenvalue weighted by Crippen LogP contribution is 2.22. The summed E-state index contributed by atoms with van der Waals surface area (Å²) in [5, 5.41) is 9.41. The minimum Gasteiger partial charge on any atom is -0.379 e. The molecule has 7 heteroatoms. The van der Waals surface area contributed by atoms with E-state index < -0.39 is 0 Å². The van der Waals surface area contributed by atoms with E-state index in [1.807, 2.05) is 53.2 Å². The van der Waals surface area contributed by atoms with Crippen molar-refractivity contribution in [2.45, 2.75) is 31.8 Å². The number of rotatable bonds is 5. The Bertz CT molecular complexity index is 1170. The summed E-state index contributed by atoms with van der Waals surface area (Å²) < 4.78 is 9.09. The van der Waals surface area contributed by atoms with Gasteiger partial charge in [-0.1, -0.05) is 18.2 Å². The molecule has 3 aromatic heterocycles. The first kappa shape index (κ1) is 17.9. The quantitative estimate of drug-likeness (QED) is 0.568. The van der Waals surface area contributed by atoms with E-state index in [0.29, 0.717) is 25.0 Å². The van der Waals surface area contributed by atoms with Crippen LogP contribution in [0.3, 0.4) is 0 Å². The molecule has 148 valence electrons. The van der Waals surface area contributed by atoms with Crippen molar-refractivity contribution in [3.8, 4) is 0 Å². The number of imidazole rings is 1. The van der Waals surface area contributed by atoms with Crippen LogP contribution in [0.4, 0.5) is 5.69 Å². The summed E-state index contributed by atoms with van der Waals surface area (Å²) in [6.07, 6.45) is 8.46. The molecule has 1 unspecified atom stereocenters. The second-order valence-electron chi connectivity index (χ2n) is 7.45. The molecule has 1 atom stereocenters. The number of aromatic nitrogens is 4. The van der Waals surface area contributed by atoms with Crippen molar-refractivity contribution in [2.75, 3.05) is 18.5 Å². The summed E-state index contributed by atoms with van der Waals surface area (Å²) in [7, 11) is 0. The summed E-state index contributed by atoms with van der Waals surface area (Å²) in [5.41, 5.74) is 2.62. The molecule has 4 heterocycles. The number of pyridine rings is 1. The zero-order valence-corrected chi connectivity index (χ0v) is 16.1. The number of aryl methyl sites for hydroxylation is 2. The van der Waals surface area contributed by atoms with Crippen LogP contribution in [0, 0.1) is 0 Å². The number of nitrogens with zero attached hydrogens (tertiary/aromatic N) is 4. The molecule has 5 rings (SSSR count). The predicted octanol–water partition coefficient (Wildman–Crippen LogP) is 2.88. The van der Waals surface area contributed by atoms with Crippen LogP contribution < -0.4 is 10.9 Å². The van der Waals surface area contributed by atoms with Gasteiger partial charge in [0.05, 0.1) is 30.4 Å². The Morgan fingerprint density at radius 2 is 2.17 bits per heavy atom. The standard InChI is InChI=1S/C22H23N5O2/c28-22-21-16(5-3-7-19(21)24-18-6-4-12-29-15-18)13-23-27(22)11-9-17-14-26-10-2-1-8-20(26)25-17/h1-3,5,7-8,10,13-14,18,24H,4,6,9,11-12,15H2. The fourth-order valence-corrected chi connectivity index (χ4v) is 3.91. The Hall–Kier alpha value is -3.19. The summed E-state index contributed by atoms with van der Waals surface area (Å²) in [6.45, 7) is 1.97. The molecule has 1 aliphatic heterocycles. The fraction of sp³-hybridized carbons (Fsp3) is 0.318. The lowest BCUT2D eigenvalue weighted by molar-refractivity contribution is 0.0876. The van der Waals surface area contributed by atoms with E-state index in [1.165, 1.54) is 4.68 Å². The predicted molar refractivity (Wildman–Crippen MR) is 112 cm³/mol. The molecular weight excluding hydrogens is 366 g/mol. The van der Waals surface area contributed by atoms with Gasteiger partial charge in [-0.25, -0.2) is 9.67 Å². The highest BCUT2D eigenvalue weighted by atomic mass is 16.5. The van der Waals surface area contributed by atoms with Crippen LogP contribution >= 0.6 is 0 Å². The van der Waals surface area contributed by atoms with Gasteiger partial charge < -0.3 is 14.5 Å². The van der Waals surface area contributed by atoms with E-state index in [0.717, 1.165) is 41.9 Å². The Kier molecular flexibility index (Phi) is 4.73. The Morgan fingerprint density at radius 1 is 1.21 bits per heavy atom. The molecule has 1 aromatic carbocycles. The number of nitrogens with one attached hydrogen (secondary N) is 1. The molecule has 4 aromatic rings. The van der Waals surface area contributed by atoms with Crippen LogP contribution in [0.5, 0.6) is 0 Å². The Morgan fingerprint density at radius 3 is 3.03 bits per heavy atom. The van der Waals surface area contributed by atoms with E-state index in [4.69, 9.17) is 4.74 Å². The van der Waals surface area contributed by atoms with Gasteiger partial charge >= 0.3 is 0 Å². The lowest BCUT2D eigenvalue weighted by Gasteiger charge is -2.24. The number of ether oxygens (including phenoxy) is 1. The topological polar surface area (TPSA) is 73.5 Å². The number of hydrogen-bond acceptors (Lipinski definition) is 5. The van der Waals surface area contributed by atoms with Crippen LogP contribution in [0.1, 0.15) is 18.5 Å². The third-order valence-corrected chi connectivity index (χ3v) is 5.39. The van der Waals surface area contributed by atoms with E-state index in [-0.39, 0.29) is 11.6 Å². The molecule has 0 radical (unpaired) electrons. The molecule has 1 fully saturated rings. The van der Waals surface area contributed by atoms with E-state index in [9.17, 15) is 4.79 Å². The van der Waals surface area contributed by atoms with Crippen LogP contribution in [0.2, 0.25) is 0 Å². The maximum atomic E-state index is 13.2. The summed E-state index contributed by atoms with van der Waals surface area (Å²) in [6, 6.07) is 12.0. The van der Waals surface area contributed by atoms with Gasteiger partial charge in [0.1, 0.15) is 5.65 Å². The van der Waals surface area contributed by atoms with Crippen LogP contribution in [0.15, 0.2) is 59.8 Å². The maximum absolute atomic E-state index is 13.2. The summed E-state index contributed by atoms with van der Waals surface area (Å²) in [4.78, 5) is 17.8. The molecule has 1 aliphatic rings. The van der Waals surface area contributed by atoms with Crippen molar-refractivity contribution >= 4 is 22.1 Å². The Balaban J connectivity index is 1.42. The fourth-order valence-electron chi connectivity index (χ4n) is 3.91. The van der Waals surface area contributed by atoms with Gasteiger partial charge in [-0.05, 0) is 31.0 Å². The van der Waals surface area contributed by atoms with Crippen LogP contribution in [-0.2, 0) is 17.7 Å². The number of hydrogen-bond donors (Lipinski definition) is 1. The van der Waals surface area contributed by atoms with Crippen molar-refractivity contribution < 1.29 is 4.74 Å². The number of anilines is 1. The molecule has 0 bridgehead atoms. The minimum atomic E-state index is -0.0777. The molecule has 7 nitrogen and oxygen atoms in total. The highest BCUT2D eigenvalue weighted by molar-refractivity contribution is 5.92.